The molecule has 2 aliphatic heterocycles. The van der Waals surface area contributed by atoms with Gasteiger partial charge in [-0.05, 0) is 45.0 Å². The molecular weight excluding hydrogens is 454 g/mol. The molecule has 1 aromatic carbocycles. The number of amidine groups is 1. The van der Waals surface area contributed by atoms with Gasteiger partial charge < -0.3 is 19.1 Å². The molecule has 2 N–H and O–H groups in total. The predicted octanol–water partition coefficient (Wildman–Crippen LogP) is 2.04. The number of benzene rings is 1. The average molecular weight is 490 g/mol. The minimum Gasteiger partial charge on any atom is -0.460 e. The second kappa shape index (κ2) is 11.5. The highest BCUT2D eigenvalue weighted by molar-refractivity contribution is 6.04. The number of piperazine rings is 1. The van der Waals surface area contributed by atoms with Crippen molar-refractivity contribution in [3.63, 3.8) is 0 Å². The zero-order valence-corrected chi connectivity index (χ0v) is 20.8. The van der Waals surface area contributed by atoms with Crippen molar-refractivity contribution in [1.29, 1.82) is 5.41 Å². The Morgan fingerprint density at radius 1 is 1.11 bits per heavy atom. The molecule has 2 aliphatic rings. The van der Waals surface area contributed by atoms with Gasteiger partial charge in [-0.25, -0.2) is 9.59 Å². The Balaban J connectivity index is 1.43. The van der Waals surface area contributed by atoms with E-state index in [1.54, 1.807) is 29.2 Å². The maximum absolute atomic E-state index is 12.4. The molecule has 0 aliphatic carbocycles. The Morgan fingerprint density at radius 2 is 1.74 bits per heavy atom. The van der Waals surface area contributed by atoms with Crippen molar-refractivity contribution in [2.24, 2.45) is 0 Å². The van der Waals surface area contributed by atoms with Gasteiger partial charge in [0.05, 0.1) is 20.1 Å². The van der Waals surface area contributed by atoms with Gasteiger partial charge in [-0.1, -0.05) is 0 Å². The van der Waals surface area contributed by atoms with E-state index < -0.39 is 17.8 Å². The molecule has 11 nitrogen and oxygen atoms in total. The van der Waals surface area contributed by atoms with Crippen LogP contribution in [-0.4, -0.2) is 98.4 Å². The SMILES string of the molecule is COC(=O)NC(=N)c1ccc(N2CC(CN3CCN(CCC(=O)OC(C)(C)C)CC3)OC2=O)cc1. The first-order valence-corrected chi connectivity index (χ1v) is 11.7. The van der Waals surface area contributed by atoms with Crippen LogP contribution in [0.3, 0.4) is 0 Å². The number of anilines is 1. The molecule has 1 aromatic rings. The summed E-state index contributed by atoms with van der Waals surface area (Å²) >= 11 is 0. The van der Waals surface area contributed by atoms with E-state index in [9.17, 15) is 14.4 Å². The molecule has 3 rings (SSSR count). The van der Waals surface area contributed by atoms with Gasteiger partial charge in [-0.15, -0.1) is 0 Å². The maximum atomic E-state index is 12.4. The number of hydrogen-bond acceptors (Lipinski definition) is 9. The molecule has 2 fully saturated rings. The van der Waals surface area contributed by atoms with Crippen LogP contribution in [0.2, 0.25) is 0 Å². The van der Waals surface area contributed by atoms with E-state index in [0.717, 1.165) is 26.2 Å². The van der Waals surface area contributed by atoms with Gasteiger partial charge in [-0.2, -0.15) is 0 Å². The molecule has 2 saturated heterocycles. The topological polar surface area (TPSA) is 124 Å². The fraction of sp³-hybridized carbons (Fsp3) is 0.583. The first-order chi connectivity index (χ1) is 16.5. The Bertz CT molecular complexity index is 921. The highest BCUT2D eigenvalue weighted by Gasteiger charge is 2.34. The number of carbonyl (C=O) groups is 3. The van der Waals surface area contributed by atoms with Crippen molar-refractivity contribution in [2.45, 2.75) is 38.9 Å². The van der Waals surface area contributed by atoms with Crippen molar-refractivity contribution in [3.8, 4) is 0 Å². The number of ether oxygens (including phenoxy) is 3. The van der Waals surface area contributed by atoms with Crippen LogP contribution in [0, 0.1) is 5.41 Å². The zero-order chi connectivity index (χ0) is 25.6. The highest BCUT2D eigenvalue weighted by Crippen LogP contribution is 2.23. The first kappa shape index (κ1) is 26.4. The Labute approximate surface area is 205 Å². The van der Waals surface area contributed by atoms with Gasteiger partial charge in [0.25, 0.3) is 0 Å². The number of alkyl carbamates (subject to hydrolysis) is 1. The van der Waals surface area contributed by atoms with E-state index >= 15 is 0 Å². The summed E-state index contributed by atoms with van der Waals surface area (Å²) in [5.41, 5.74) is 0.696. The lowest BCUT2D eigenvalue weighted by molar-refractivity contribution is -0.155. The molecule has 0 radical (unpaired) electrons. The van der Waals surface area contributed by atoms with E-state index in [1.807, 2.05) is 20.8 Å². The van der Waals surface area contributed by atoms with E-state index in [2.05, 4.69) is 19.9 Å². The lowest BCUT2D eigenvalue weighted by atomic mass is 10.1. The smallest absolute Gasteiger partial charge is 0.414 e. The van der Waals surface area contributed by atoms with Crippen LogP contribution in [0.15, 0.2) is 24.3 Å². The summed E-state index contributed by atoms with van der Waals surface area (Å²) in [6.07, 6.45) is -0.978. The van der Waals surface area contributed by atoms with Gasteiger partial charge >= 0.3 is 18.2 Å². The summed E-state index contributed by atoms with van der Waals surface area (Å²) in [4.78, 5) is 41.7. The van der Waals surface area contributed by atoms with Crippen LogP contribution in [-0.2, 0) is 19.0 Å². The third-order valence-corrected chi connectivity index (χ3v) is 5.73. The second-order valence-corrected chi connectivity index (χ2v) is 9.63. The van der Waals surface area contributed by atoms with Gasteiger partial charge in [-0.3, -0.25) is 25.3 Å². The minimum atomic E-state index is -0.714. The van der Waals surface area contributed by atoms with E-state index in [0.29, 0.717) is 37.3 Å². The fourth-order valence-corrected chi connectivity index (χ4v) is 3.99. The van der Waals surface area contributed by atoms with Crippen LogP contribution in [0.5, 0.6) is 0 Å². The summed E-state index contributed by atoms with van der Waals surface area (Å²) in [6.45, 7) is 10.7. The standard InChI is InChI=1S/C24H35N5O6/c1-24(2,3)35-20(30)9-10-27-11-13-28(14-12-27)15-19-16-29(23(32)34-19)18-7-5-17(6-8-18)21(25)26-22(31)33-4/h5-8,19H,9-16H2,1-4H3,(H2,25,26,31). The lowest BCUT2D eigenvalue weighted by Crippen LogP contribution is -2.49. The Morgan fingerprint density at radius 3 is 2.34 bits per heavy atom. The molecule has 1 unspecified atom stereocenters. The summed E-state index contributed by atoms with van der Waals surface area (Å²) in [7, 11) is 1.23. The number of nitrogens with one attached hydrogen (secondary N) is 2. The largest absolute Gasteiger partial charge is 0.460 e. The van der Waals surface area contributed by atoms with Crippen LogP contribution in [0.25, 0.3) is 0 Å². The number of hydrogen-bond donors (Lipinski definition) is 2. The highest BCUT2D eigenvalue weighted by atomic mass is 16.6. The quantitative estimate of drug-likeness (QED) is 0.258. The Hall–Kier alpha value is -3.18. The molecule has 0 saturated carbocycles. The molecule has 35 heavy (non-hydrogen) atoms. The molecular formula is C24H35N5O6. The average Bonchev–Trinajstić information content (AvgIpc) is 3.17. The van der Waals surface area contributed by atoms with Crippen molar-refractivity contribution in [2.75, 3.05) is 57.8 Å². The van der Waals surface area contributed by atoms with Gasteiger partial charge in [0.15, 0.2) is 0 Å². The molecule has 2 amide bonds. The summed E-state index contributed by atoms with van der Waals surface area (Å²) < 4.78 is 15.4. The molecule has 2 heterocycles. The number of rotatable bonds is 7. The molecule has 11 heteroatoms. The fourth-order valence-electron chi connectivity index (χ4n) is 3.99. The Kier molecular flexibility index (Phi) is 8.68. The van der Waals surface area contributed by atoms with E-state index in [4.69, 9.17) is 14.9 Å². The third-order valence-electron chi connectivity index (χ3n) is 5.73. The second-order valence-electron chi connectivity index (χ2n) is 9.63. The normalized spacial score (nSPS) is 19.3. The summed E-state index contributed by atoms with van der Waals surface area (Å²) in [5.74, 6) is -0.266. The molecule has 0 spiro atoms. The summed E-state index contributed by atoms with van der Waals surface area (Å²) in [6, 6.07) is 6.75. The number of carbonyl (C=O) groups excluding carboxylic acids is 3. The number of nitrogens with zero attached hydrogens (tertiary/aromatic N) is 3. The number of esters is 1. The maximum Gasteiger partial charge on any atom is 0.414 e. The molecule has 0 aromatic heterocycles. The van der Waals surface area contributed by atoms with Crippen molar-refractivity contribution < 1.29 is 28.6 Å². The van der Waals surface area contributed by atoms with Gasteiger partial charge in [0, 0.05) is 50.5 Å². The van der Waals surface area contributed by atoms with Crippen LogP contribution in [0.4, 0.5) is 15.3 Å². The first-order valence-electron chi connectivity index (χ1n) is 11.7. The lowest BCUT2D eigenvalue weighted by Gasteiger charge is -2.35. The van der Waals surface area contributed by atoms with Crippen LogP contribution >= 0.6 is 0 Å². The van der Waals surface area contributed by atoms with E-state index in [-0.39, 0.29) is 17.9 Å². The van der Waals surface area contributed by atoms with Gasteiger partial charge in [0.2, 0.25) is 0 Å². The minimum absolute atomic E-state index is 0.0875. The van der Waals surface area contributed by atoms with E-state index in [1.165, 1.54) is 7.11 Å². The molecule has 0 bridgehead atoms. The van der Waals surface area contributed by atoms with Gasteiger partial charge in [0.1, 0.15) is 17.5 Å². The van der Waals surface area contributed by atoms with Crippen molar-refractivity contribution in [3.05, 3.63) is 29.8 Å². The summed E-state index contributed by atoms with van der Waals surface area (Å²) in [5, 5.41) is 10.2. The monoisotopic (exact) mass is 489 g/mol. The van der Waals surface area contributed by atoms with Crippen molar-refractivity contribution in [1.82, 2.24) is 15.1 Å². The van der Waals surface area contributed by atoms with Crippen LogP contribution in [0.1, 0.15) is 32.8 Å². The third kappa shape index (κ3) is 7.93. The number of cyclic esters (lactones) is 1. The van der Waals surface area contributed by atoms with Crippen molar-refractivity contribution >= 4 is 29.7 Å². The predicted molar refractivity (Wildman–Crippen MR) is 130 cm³/mol. The zero-order valence-electron chi connectivity index (χ0n) is 20.8. The number of amides is 2. The molecule has 192 valence electrons. The van der Waals surface area contributed by atoms with Crippen LogP contribution < -0.4 is 10.2 Å². The molecule has 1 atom stereocenters. The number of methoxy groups -OCH3 is 1.